The van der Waals surface area contributed by atoms with Crippen molar-refractivity contribution in [2.45, 2.75) is 52.9 Å². The lowest BCUT2D eigenvalue weighted by Gasteiger charge is -2.03. The van der Waals surface area contributed by atoms with Crippen molar-refractivity contribution in [2.75, 3.05) is 6.61 Å². The molecule has 0 atom stereocenters. The van der Waals surface area contributed by atoms with Crippen molar-refractivity contribution in [3.63, 3.8) is 0 Å². The second-order valence-electron chi connectivity index (χ2n) is 3.51. The first-order valence-corrected chi connectivity index (χ1v) is 5.75. The van der Waals surface area contributed by atoms with Gasteiger partial charge in [-0.3, -0.25) is 0 Å². The van der Waals surface area contributed by atoms with E-state index in [4.69, 9.17) is 5.11 Å². The second kappa shape index (κ2) is 9.01. The lowest BCUT2D eigenvalue weighted by Crippen LogP contribution is -1.85. The van der Waals surface area contributed by atoms with Crippen LogP contribution in [0.15, 0.2) is 23.3 Å². The summed E-state index contributed by atoms with van der Waals surface area (Å²) >= 11 is 0. The van der Waals surface area contributed by atoms with E-state index < -0.39 is 0 Å². The SMILES string of the molecule is CCC(=CCC/C(=C/CO)CC)CC. The molecule has 0 radical (unpaired) electrons. The van der Waals surface area contributed by atoms with E-state index in [9.17, 15) is 0 Å². The first kappa shape index (κ1) is 13.4. The van der Waals surface area contributed by atoms with Crippen molar-refractivity contribution in [1.82, 2.24) is 0 Å². The predicted molar refractivity (Wildman–Crippen MR) is 63.4 cm³/mol. The Morgan fingerprint density at radius 1 is 0.929 bits per heavy atom. The average molecular weight is 196 g/mol. The molecule has 0 unspecified atom stereocenters. The zero-order valence-corrected chi connectivity index (χ0v) is 9.84. The molecule has 0 aromatic heterocycles. The summed E-state index contributed by atoms with van der Waals surface area (Å²) in [4.78, 5) is 0. The Balaban J connectivity index is 3.91. The molecule has 1 N–H and O–H groups in total. The minimum Gasteiger partial charge on any atom is -0.392 e. The Labute approximate surface area is 88.5 Å². The van der Waals surface area contributed by atoms with Crippen molar-refractivity contribution in [2.24, 2.45) is 0 Å². The zero-order chi connectivity index (χ0) is 10.8. The first-order chi connectivity index (χ1) is 6.78. The highest BCUT2D eigenvalue weighted by Gasteiger charge is 1.94. The van der Waals surface area contributed by atoms with Crippen molar-refractivity contribution in [1.29, 1.82) is 0 Å². The van der Waals surface area contributed by atoms with Gasteiger partial charge in [-0.15, -0.1) is 0 Å². The van der Waals surface area contributed by atoms with E-state index in [1.165, 1.54) is 18.4 Å². The van der Waals surface area contributed by atoms with Crippen LogP contribution in [-0.4, -0.2) is 11.7 Å². The summed E-state index contributed by atoms with van der Waals surface area (Å²) in [6.45, 7) is 6.74. The van der Waals surface area contributed by atoms with Crippen molar-refractivity contribution < 1.29 is 5.11 Å². The minimum absolute atomic E-state index is 0.182. The van der Waals surface area contributed by atoms with Gasteiger partial charge in [0.2, 0.25) is 0 Å². The summed E-state index contributed by atoms with van der Waals surface area (Å²) in [5, 5.41) is 8.78. The van der Waals surface area contributed by atoms with Gasteiger partial charge in [-0.1, -0.05) is 44.1 Å². The fraction of sp³-hybridized carbons (Fsp3) is 0.692. The maximum Gasteiger partial charge on any atom is 0.0615 e. The van der Waals surface area contributed by atoms with E-state index in [2.05, 4.69) is 26.8 Å². The smallest absolute Gasteiger partial charge is 0.0615 e. The summed E-state index contributed by atoms with van der Waals surface area (Å²) in [5.41, 5.74) is 2.92. The molecule has 0 saturated heterocycles. The fourth-order valence-electron chi connectivity index (χ4n) is 1.55. The number of hydrogen-bond donors (Lipinski definition) is 1. The molecule has 0 aliphatic rings. The number of rotatable bonds is 7. The first-order valence-electron chi connectivity index (χ1n) is 5.75. The molecule has 1 nitrogen and oxygen atoms in total. The maximum atomic E-state index is 8.78. The van der Waals surface area contributed by atoms with E-state index in [0.717, 1.165) is 19.3 Å². The maximum absolute atomic E-state index is 8.78. The van der Waals surface area contributed by atoms with Gasteiger partial charge < -0.3 is 5.11 Å². The lowest BCUT2D eigenvalue weighted by molar-refractivity contribution is 0.341. The van der Waals surface area contributed by atoms with Crippen LogP contribution in [0.25, 0.3) is 0 Å². The van der Waals surface area contributed by atoms with E-state index in [1.807, 2.05) is 6.08 Å². The van der Waals surface area contributed by atoms with Crippen LogP contribution < -0.4 is 0 Å². The monoisotopic (exact) mass is 196 g/mol. The van der Waals surface area contributed by atoms with Crippen LogP contribution in [0.1, 0.15) is 52.9 Å². The number of allylic oxidation sites excluding steroid dienone is 3. The van der Waals surface area contributed by atoms with Crippen LogP contribution in [0.5, 0.6) is 0 Å². The molecule has 0 aromatic rings. The summed E-state index contributed by atoms with van der Waals surface area (Å²) in [7, 11) is 0. The van der Waals surface area contributed by atoms with Crippen molar-refractivity contribution in [3.8, 4) is 0 Å². The molecule has 0 bridgehead atoms. The van der Waals surface area contributed by atoms with E-state index in [1.54, 1.807) is 5.57 Å². The van der Waals surface area contributed by atoms with Crippen molar-refractivity contribution >= 4 is 0 Å². The molecule has 0 aliphatic carbocycles. The van der Waals surface area contributed by atoms with Crippen LogP contribution in [0.2, 0.25) is 0 Å². The fourth-order valence-corrected chi connectivity index (χ4v) is 1.55. The van der Waals surface area contributed by atoms with Crippen LogP contribution >= 0.6 is 0 Å². The normalized spacial score (nSPS) is 11.6. The van der Waals surface area contributed by atoms with Crippen LogP contribution in [0.3, 0.4) is 0 Å². The standard InChI is InChI=1S/C13H24O/c1-4-12(5-2)8-7-9-13(6-3)10-11-14/h8,10,14H,4-7,9,11H2,1-3H3/b13-10+. The van der Waals surface area contributed by atoms with Gasteiger partial charge in [-0.05, 0) is 32.1 Å². The molecule has 1 heteroatoms. The lowest BCUT2D eigenvalue weighted by atomic mass is 10.0. The summed E-state index contributed by atoms with van der Waals surface area (Å²) in [6, 6.07) is 0. The van der Waals surface area contributed by atoms with Gasteiger partial charge in [0.05, 0.1) is 6.61 Å². The molecule has 0 fully saturated rings. The highest BCUT2D eigenvalue weighted by Crippen LogP contribution is 2.13. The molecule has 0 rings (SSSR count). The topological polar surface area (TPSA) is 20.2 Å². The second-order valence-corrected chi connectivity index (χ2v) is 3.51. The molecule has 0 aromatic carbocycles. The Bertz CT molecular complexity index is 183. The zero-order valence-electron chi connectivity index (χ0n) is 9.84. The molecule has 0 aliphatic heterocycles. The largest absolute Gasteiger partial charge is 0.392 e. The third kappa shape index (κ3) is 5.98. The third-order valence-corrected chi connectivity index (χ3v) is 2.64. The Morgan fingerprint density at radius 3 is 1.93 bits per heavy atom. The predicted octanol–water partition coefficient (Wildman–Crippen LogP) is 3.84. The molecule has 82 valence electrons. The molecular weight excluding hydrogens is 172 g/mol. The molecule has 0 spiro atoms. The van der Waals surface area contributed by atoms with Gasteiger partial charge >= 0.3 is 0 Å². The molecule has 0 heterocycles. The molecule has 0 saturated carbocycles. The highest BCUT2D eigenvalue weighted by atomic mass is 16.2. The van der Waals surface area contributed by atoms with Crippen LogP contribution in [0.4, 0.5) is 0 Å². The van der Waals surface area contributed by atoms with Gasteiger partial charge in [0.25, 0.3) is 0 Å². The van der Waals surface area contributed by atoms with E-state index in [-0.39, 0.29) is 6.61 Å². The van der Waals surface area contributed by atoms with Crippen LogP contribution in [-0.2, 0) is 0 Å². The van der Waals surface area contributed by atoms with Gasteiger partial charge in [0.1, 0.15) is 0 Å². The van der Waals surface area contributed by atoms with Crippen LogP contribution in [0, 0.1) is 0 Å². The highest BCUT2D eigenvalue weighted by molar-refractivity contribution is 5.06. The van der Waals surface area contributed by atoms with Crippen molar-refractivity contribution in [3.05, 3.63) is 23.3 Å². The number of aliphatic hydroxyl groups is 1. The molecule has 0 amide bonds. The van der Waals surface area contributed by atoms with Gasteiger partial charge in [0, 0.05) is 0 Å². The van der Waals surface area contributed by atoms with E-state index in [0.29, 0.717) is 0 Å². The summed E-state index contributed by atoms with van der Waals surface area (Å²) in [6.07, 6.45) is 9.90. The van der Waals surface area contributed by atoms with E-state index >= 15 is 0 Å². The molecule has 14 heavy (non-hydrogen) atoms. The number of aliphatic hydroxyl groups excluding tert-OH is 1. The number of hydrogen-bond acceptors (Lipinski definition) is 1. The quantitative estimate of drug-likeness (QED) is 0.613. The summed E-state index contributed by atoms with van der Waals surface area (Å²) in [5.74, 6) is 0. The average Bonchev–Trinajstić information content (AvgIpc) is 2.23. The molecular formula is C13H24O. The van der Waals surface area contributed by atoms with Gasteiger partial charge in [-0.25, -0.2) is 0 Å². The Kier molecular flexibility index (Phi) is 8.65. The Morgan fingerprint density at radius 2 is 1.50 bits per heavy atom. The van der Waals surface area contributed by atoms with Gasteiger partial charge in [0.15, 0.2) is 0 Å². The third-order valence-electron chi connectivity index (χ3n) is 2.64. The van der Waals surface area contributed by atoms with Gasteiger partial charge in [-0.2, -0.15) is 0 Å². The minimum atomic E-state index is 0.182. The Hall–Kier alpha value is -0.560. The summed E-state index contributed by atoms with van der Waals surface area (Å²) < 4.78 is 0.